The van der Waals surface area contributed by atoms with Crippen molar-refractivity contribution in [3.8, 4) is 11.3 Å². The lowest BCUT2D eigenvalue weighted by Gasteiger charge is -2.34. The molecule has 3 aromatic rings. The number of rotatable bonds is 3. The van der Waals surface area contributed by atoms with E-state index in [2.05, 4.69) is 15.2 Å². The Labute approximate surface area is 167 Å². The Hall–Kier alpha value is -2.93. The average Bonchev–Trinajstić information content (AvgIpc) is 3.20. The number of piperazine rings is 1. The number of urea groups is 1. The third-order valence-corrected chi connectivity index (χ3v) is 5.76. The van der Waals surface area contributed by atoms with Crippen molar-refractivity contribution in [1.29, 1.82) is 0 Å². The van der Waals surface area contributed by atoms with Crippen LogP contribution in [0.4, 0.5) is 20.0 Å². The number of aryl methyl sites for hydroxylation is 1. The molecule has 1 aliphatic rings. The number of amides is 2. The fourth-order valence-electron chi connectivity index (χ4n) is 3.17. The lowest BCUT2D eigenvalue weighted by molar-refractivity contribution is 0.208. The minimum absolute atomic E-state index is 0.0694. The summed E-state index contributed by atoms with van der Waals surface area (Å²) >= 11 is 1.57. The van der Waals surface area contributed by atoms with Crippen molar-refractivity contribution in [3.05, 3.63) is 65.3 Å². The number of carbonyl (C=O) groups is 1. The van der Waals surface area contributed by atoms with Gasteiger partial charge in [0, 0.05) is 42.8 Å². The second kappa shape index (κ2) is 7.98. The predicted octanol–water partition coefficient (Wildman–Crippen LogP) is 4.61. The summed E-state index contributed by atoms with van der Waals surface area (Å²) in [4.78, 5) is 21.2. The summed E-state index contributed by atoms with van der Waals surface area (Å²) in [6, 6.07) is 14.1. The van der Waals surface area contributed by atoms with Crippen LogP contribution in [0.3, 0.4) is 0 Å². The quantitative estimate of drug-likeness (QED) is 0.703. The summed E-state index contributed by atoms with van der Waals surface area (Å²) in [7, 11) is 0. The van der Waals surface area contributed by atoms with E-state index in [0.717, 1.165) is 40.7 Å². The maximum absolute atomic E-state index is 13.1. The summed E-state index contributed by atoms with van der Waals surface area (Å²) in [5, 5.41) is 5.90. The normalized spacial score (nSPS) is 14.2. The molecule has 28 heavy (non-hydrogen) atoms. The Bertz CT molecular complexity index is 965. The molecule has 0 saturated carbocycles. The van der Waals surface area contributed by atoms with Crippen LogP contribution < -0.4 is 10.2 Å². The number of halogens is 1. The van der Waals surface area contributed by atoms with E-state index in [0.29, 0.717) is 13.1 Å². The fourth-order valence-corrected chi connectivity index (χ4v) is 4.06. The number of nitrogens with one attached hydrogen (secondary N) is 1. The van der Waals surface area contributed by atoms with Gasteiger partial charge in [0.25, 0.3) is 0 Å². The van der Waals surface area contributed by atoms with Crippen LogP contribution in [0, 0.1) is 12.7 Å². The van der Waals surface area contributed by atoms with Gasteiger partial charge in [-0.2, -0.15) is 0 Å². The van der Waals surface area contributed by atoms with Crippen LogP contribution in [0.25, 0.3) is 11.3 Å². The van der Waals surface area contributed by atoms with Crippen molar-refractivity contribution in [2.24, 2.45) is 0 Å². The number of nitrogens with zero attached hydrogens (tertiary/aromatic N) is 3. The van der Waals surface area contributed by atoms with Crippen LogP contribution in [0.2, 0.25) is 0 Å². The second-order valence-electron chi connectivity index (χ2n) is 6.74. The van der Waals surface area contributed by atoms with Crippen molar-refractivity contribution in [2.45, 2.75) is 6.92 Å². The van der Waals surface area contributed by atoms with E-state index < -0.39 is 0 Å². The SMILES string of the molecule is Cc1ccccc1NC(=O)N1CCN(c2nc(-c3ccc(F)cc3)cs2)CC1. The van der Waals surface area contributed by atoms with Crippen LogP contribution in [0.15, 0.2) is 53.9 Å². The molecule has 144 valence electrons. The first-order valence-electron chi connectivity index (χ1n) is 9.18. The van der Waals surface area contributed by atoms with Gasteiger partial charge in [-0.1, -0.05) is 18.2 Å². The van der Waals surface area contributed by atoms with E-state index in [9.17, 15) is 9.18 Å². The first-order valence-corrected chi connectivity index (χ1v) is 10.1. The molecule has 2 aromatic carbocycles. The Morgan fingerprint density at radius 2 is 1.79 bits per heavy atom. The van der Waals surface area contributed by atoms with Crippen molar-refractivity contribution >= 4 is 28.2 Å². The van der Waals surface area contributed by atoms with E-state index in [4.69, 9.17) is 0 Å². The van der Waals surface area contributed by atoms with Crippen LogP contribution in [-0.2, 0) is 0 Å². The molecule has 0 spiro atoms. The highest BCUT2D eigenvalue weighted by atomic mass is 32.1. The first kappa shape index (κ1) is 18.4. The lowest BCUT2D eigenvalue weighted by Crippen LogP contribution is -2.50. The van der Waals surface area contributed by atoms with Gasteiger partial charge >= 0.3 is 6.03 Å². The minimum Gasteiger partial charge on any atom is -0.345 e. The van der Waals surface area contributed by atoms with Gasteiger partial charge in [-0.25, -0.2) is 14.2 Å². The van der Waals surface area contributed by atoms with Gasteiger partial charge in [-0.05, 0) is 42.8 Å². The van der Waals surface area contributed by atoms with Crippen molar-refractivity contribution in [3.63, 3.8) is 0 Å². The molecule has 0 unspecified atom stereocenters. The molecule has 2 amide bonds. The Balaban J connectivity index is 1.36. The van der Waals surface area contributed by atoms with Crippen LogP contribution >= 0.6 is 11.3 Å². The Morgan fingerprint density at radius 3 is 2.50 bits per heavy atom. The fraction of sp³-hybridized carbons (Fsp3) is 0.238. The highest BCUT2D eigenvalue weighted by Crippen LogP contribution is 2.28. The van der Waals surface area contributed by atoms with Crippen LogP contribution in [0.1, 0.15) is 5.56 Å². The first-order chi connectivity index (χ1) is 13.6. The third-order valence-electron chi connectivity index (χ3n) is 4.86. The number of aromatic nitrogens is 1. The summed E-state index contributed by atoms with van der Waals surface area (Å²) in [6.45, 7) is 4.73. The topological polar surface area (TPSA) is 48.5 Å². The number of hydrogen-bond donors (Lipinski definition) is 1. The van der Waals surface area contributed by atoms with E-state index >= 15 is 0 Å². The predicted molar refractivity (Wildman–Crippen MR) is 111 cm³/mol. The van der Waals surface area contributed by atoms with Gasteiger partial charge in [0.2, 0.25) is 0 Å². The summed E-state index contributed by atoms with van der Waals surface area (Å²) in [5.41, 5.74) is 3.64. The maximum atomic E-state index is 13.1. The maximum Gasteiger partial charge on any atom is 0.321 e. The molecule has 0 atom stereocenters. The van der Waals surface area contributed by atoms with Gasteiger partial charge in [0.05, 0.1) is 5.69 Å². The van der Waals surface area contributed by atoms with Gasteiger partial charge < -0.3 is 15.1 Å². The van der Waals surface area contributed by atoms with E-state index in [1.165, 1.54) is 12.1 Å². The van der Waals surface area contributed by atoms with Gasteiger partial charge in [-0.15, -0.1) is 11.3 Å². The van der Waals surface area contributed by atoms with Crippen molar-refractivity contribution < 1.29 is 9.18 Å². The number of thiazole rings is 1. The zero-order chi connectivity index (χ0) is 19.5. The molecular formula is C21H21FN4OS. The van der Waals surface area contributed by atoms with E-state index in [-0.39, 0.29) is 11.8 Å². The molecule has 7 heteroatoms. The van der Waals surface area contributed by atoms with Gasteiger partial charge in [0.15, 0.2) is 5.13 Å². The standard InChI is InChI=1S/C21H21FN4OS/c1-15-4-2-3-5-18(15)23-20(27)25-10-12-26(13-11-25)21-24-19(14-28-21)16-6-8-17(22)9-7-16/h2-9,14H,10-13H2,1H3,(H,23,27). The zero-order valence-corrected chi connectivity index (χ0v) is 16.4. The molecule has 0 radical (unpaired) electrons. The molecule has 1 N–H and O–H groups in total. The van der Waals surface area contributed by atoms with E-state index in [1.807, 2.05) is 41.5 Å². The summed E-state index contributed by atoms with van der Waals surface area (Å²) < 4.78 is 13.1. The number of benzene rings is 2. The number of hydrogen-bond acceptors (Lipinski definition) is 4. The molecule has 1 aromatic heterocycles. The monoisotopic (exact) mass is 396 g/mol. The van der Waals surface area contributed by atoms with Gasteiger partial charge in [-0.3, -0.25) is 0 Å². The molecular weight excluding hydrogens is 375 g/mol. The number of anilines is 2. The third kappa shape index (κ3) is 3.99. The largest absolute Gasteiger partial charge is 0.345 e. The molecule has 1 aliphatic heterocycles. The minimum atomic E-state index is -0.251. The van der Waals surface area contributed by atoms with Crippen LogP contribution in [0.5, 0.6) is 0 Å². The molecule has 4 rings (SSSR count). The highest BCUT2D eigenvalue weighted by molar-refractivity contribution is 7.14. The number of carbonyl (C=O) groups excluding carboxylic acids is 1. The Morgan fingerprint density at radius 1 is 1.07 bits per heavy atom. The molecule has 0 bridgehead atoms. The zero-order valence-electron chi connectivity index (χ0n) is 15.6. The van der Waals surface area contributed by atoms with Gasteiger partial charge in [0.1, 0.15) is 5.82 Å². The summed E-state index contributed by atoms with van der Waals surface area (Å²) in [6.07, 6.45) is 0. The number of para-hydroxylation sites is 1. The molecule has 0 aliphatic carbocycles. The molecule has 1 fully saturated rings. The molecule has 1 saturated heterocycles. The van der Waals surface area contributed by atoms with Crippen molar-refractivity contribution in [2.75, 3.05) is 36.4 Å². The van der Waals surface area contributed by atoms with E-state index in [1.54, 1.807) is 23.5 Å². The Kier molecular flexibility index (Phi) is 5.25. The van der Waals surface area contributed by atoms with Crippen molar-refractivity contribution in [1.82, 2.24) is 9.88 Å². The smallest absolute Gasteiger partial charge is 0.321 e. The summed E-state index contributed by atoms with van der Waals surface area (Å²) in [5.74, 6) is -0.251. The molecule has 2 heterocycles. The molecule has 5 nitrogen and oxygen atoms in total. The average molecular weight is 396 g/mol. The van der Waals surface area contributed by atoms with Crippen LogP contribution in [-0.4, -0.2) is 42.1 Å². The highest BCUT2D eigenvalue weighted by Gasteiger charge is 2.23. The second-order valence-corrected chi connectivity index (χ2v) is 7.58. The lowest BCUT2D eigenvalue weighted by atomic mass is 10.2.